The third-order valence-electron chi connectivity index (χ3n) is 2.87. The maximum Gasteiger partial charge on any atom is 0.250 e. The number of carbonyl (C=O) groups is 1. The number of nitrogens with one attached hydrogen (secondary N) is 1. The molecule has 1 aromatic rings. The van der Waals surface area contributed by atoms with Crippen molar-refractivity contribution in [2.75, 3.05) is 44.5 Å². The van der Waals surface area contributed by atoms with E-state index in [0.29, 0.717) is 26.4 Å². The highest BCUT2D eigenvalue weighted by atomic mass is 19.1. The Morgan fingerprint density at radius 1 is 1.29 bits per heavy atom. The van der Waals surface area contributed by atoms with E-state index in [1.165, 1.54) is 6.07 Å². The Hall–Kier alpha value is -1.86. The molecule has 0 atom stereocenters. The maximum absolute atomic E-state index is 13.7. The van der Waals surface area contributed by atoms with Crippen LogP contribution in [0.4, 0.5) is 15.8 Å². The summed E-state index contributed by atoms with van der Waals surface area (Å²) in [6.45, 7) is 2.33. The first-order chi connectivity index (χ1) is 10.1. The Balaban J connectivity index is 2.35. The van der Waals surface area contributed by atoms with Gasteiger partial charge in [0.05, 0.1) is 24.5 Å². The minimum atomic E-state index is -0.679. The van der Waals surface area contributed by atoms with Crippen molar-refractivity contribution in [2.45, 2.75) is 12.8 Å². The molecule has 0 spiro atoms. The zero-order valence-electron chi connectivity index (χ0n) is 12.2. The monoisotopic (exact) mass is 299 g/mol. The third-order valence-corrected chi connectivity index (χ3v) is 2.87. The van der Waals surface area contributed by atoms with Crippen molar-refractivity contribution in [2.24, 2.45) is 5.73 Å². The number of unbranched alkanes of at least 4 members (excludes halogenated alkanes) is 1. The van der Waals surface area contributed by atoms with Crippen molar-refractivity contribution in [1.29, 1.82) is 0 Å². The van der Waals surface area contributed by atoms with Gasteiger partial charge < -0.3 is 26.3 Å². The van der Waals surface area contributed by atoms with Crippen LogP contribution in [0.5, 0.6) is 0 Å². The predicted molar refractivity (Wildman–Crippen MR) is 79.7 cm³/mol. The number of halogens is 1. The van der Waals surface area contributed by atoms with Gasteiger partial charge in [-0.2, -0.15) is 0 Å². The van der Waals surface area contributed by atoms with E-state index in [-0.39, 0.29) is 16.9 Å². The van der Waals surface area contributed by atoms with Gasteiger partial charge >= 0.3 is 0 Å². The number of nitrogen functional groups attached to an aromatic ring is 1. The molecule has 1 amide bonds. The molecular formula is C14H22FN3O3. The van der Waals surface area contributed by atoms with E-state index < -0.39 is 11.7 Å². The van der Waals surface area contributed by atoms with Crippen molar-refractivity contribution >= 4 is 17.3 Å². The number of hydrogen-bond acceptors (Lipinski definition) is 5. The Kier molecular flexibility index (Phi) is 7.49. The van der Waals surface area contributed by atoms with Crippen molar-refractivity contribution in [1.82, 2.24) is 0 Å². The highest BCUT2D eigenvalue weighted by Gasteiger charge is 2.11. The lowest BCUT2D eigenvalue weighted by Gasteiger charge is -2.10. The van der Waals surface area contributed by atoms with E-state index in [2.05, 4.69) is 5.32 Å². The van der Waals surface area contributed by atoms with Gasteiger partial charge in [0.15, 0.2) is 0 Å². The van der Waals surface area contributed by atoms with Gasteiger partial charge in [0.1, 0.15) is 5.82 Å². The topological polar surface area (TPSA) is 99.6 Å². The fourth-order valence-corrected chi connectivity index (χ4v) is 1.73. The van der Waals surface area contributed by atoms with Crippen LogP contribution in [0.3, 0.4) is 0 Å². The van der Waals surface area contributed by atoms with E-state index >= 15 is 0 Å². The molecule has 118 valence electrons. The second-order valence-corrected chi connectivity index (χ2v) is 4.52. The first kappa shape index (κ1) is 17.2. The Morgan fingerprint density at radius 2 is 2.05 bits per heavy atom. The molecule has 6 nitrogen and oxygen atoms in total. The fourth-order valence-electron chi connectivity index (χ4n) is 1.73. The summed E-state index contributed by atoms with van der Waals surface area (Å²) in [6.07, 6.45) is 1.65. The molecule has 0 saturated heterocycles. The van der Waals surface area contributed by atoms with Gasteiger partial charge in [0.25, 0.3) is 5.91 Å². The number of benzene rings is 1. The minimum Gasteiger partial charge on any atom is -0.398 e. The zero-order chi connectivity index (χ0) is 15.7. The van der Waals surface area contributed by atoms with E-state index in [1.54, 1.807) is 7.11 Å². The molecule has 0 aliphatic heterocycles. The SMILES string of the molecule is COCCOCCCCNc1cc(C(N)=O)c(N)cc1F. The first-order valence-corrected chi connectivity index (χ1v) is 6.75. The summed E-state index contributed by atoms with van der Waals surface area (Å²) in [6, 6.07) is 2.43. The van der Waals surface area contributed by atoms with Gasteiger partial charge in [-0.3, -0.25) is 4.79 Å². The summed E-state index contributed by atoms with van der Waals surface area (Å²) < 4.78 is 23.8. The third kappa shape index (κ3) is 5.97. The van der Waals surface area contributed by atoms with Crippen molar-refractivity contribution < 1.29 is 18.7 Å². The number of anilines is 2. The molecule has 21 heavy (non-hydrogen) atoms. The number of ether oxygens (including phenoxy) is 2. The summed E-state index contributed by atoms with van der Waals surface area (Å²) in [4.78, 5) is 11.2. The van der Waals surface area contributed by atoms with Crippen LogP contribution in [0, 0.1) is 5.82 Å². The number of hydrogen-bond donors (Lipinski definition) is 3. The molecule has 0 aliphatic carbocycles. The van der Waals surface area contributed by atoms with Crippen LogP contribution in [0.15, 0.2) is 12.1 Å². The molecule has 0 radical (unpaired) electrons. The zero-order valence-corrected chi connectivity index (χ0v) is 12.2. The number of rotatable bonds is 10. The van der Waals surface area contributed by atoms with Crippen LogP contribution in [0.1, 0.15) is 23.2 Å². The lowest BCUT2D eigenvalue weighted by molar-refractivity contribution is 0.0691. The Bertz CT molecular complexity index is 469. The van der Waals surface area contributed by atoms with Gasteiger partial charge in [-0.1, -0.05) is 0 Å². The van der Waals surface area contributed by atoms with Crippen LogP contribution in [-0.2, 0) is 9.47 Å². The van der Waals surface area contributed by atoms with Crippen LogP contribution in [-0.4, -0.2) is 39.4 Å². The molecule has 0 saturated carbocycles. The van der Waals surface area contributed by atoms with E-state index in [9.17, 15) is 9.18 Å². The smallest absolute Gasteiger partial charge is 0.250 e. The van der Waals surface area contributed by atoms with E-state index in [1.807, 2.05) is 0 Å². The minimum absolute atomic E-state index is 0.0390. The summed E-state index contributed by atoms with van der Waals surface area (Å²) in [7, 11) is 1.62. The van der Waals surface area contributed by atoms with E-state index in [0.717, 1.165) is 18.9 Å². The molecule has 0 heterocycles. The number of amides is 1. The maximum atomic E-state index is 13.7. The van der Waals surface area contributed by atoms with E-state index in [4.69, 9.17) is 20.9 Å². The largest absolute Gasteiger partial charge is 0.398 e. The lowest BCUT2D eigenvalue weighted by atomic mass is 10.1. The molecule has 0 unspecified atom stereocenters. The van der Waals surface area contributed by atoms with Crippen molar-refractivity contribution in [3.05, 3.63) is 23.5 Å². The van der Waals surface area contributed by atoms with Gasteiger partial charge in [-0.25, -0.2) is 4.39 Å². The Morgan fingerprint density at radius 3 is 2.71 bits per heavy atom. The molecule has 7 heteroatoms. The van der Waals surface area contributed by atoms with Crippen LogP contribution in [0.25, 0.3) is 0 Å². The summed E-state index contributed by atoms with van der Waals surface area (Å²) >= 11 is 0. The standard InChI is InChI=1S/C14H22FN3O3/c1-20-6-7-21-5-3-2-4-18-13-8-10(14(17)19)12(16)9-11(13)15/h8-9,18H,2-7,16H2,1H3,(H2,17,19). The fraction of sp³-hybridized carbons (Fsp3) is 0.500. The Labute approximate surface area is 123 Å². The number of nitrogens with two attached hydrogens (primary N) is 2. The molecule has 5 N–H and O–H groups in total. The second-order valence-electron chi connectivity index (χ2n) is 4.52. The van der Waals surface area contributed by atoms with Gasteiger partial charge in [0, 0.05) is 25.9 Å². The quantitative estimate of drug-likeness (QED) is 0.447. The van der Waals surface area contributed by atoms with Crippen molar-refractivity contribution in [3.8, 4) is 0 Å². The van der Waals surface area contributed by atoms with Crippen LogP contribution < -0.4 is 16.8 Å². The van der Waals surface area contributed by atoms with Crippen LogP contribution >= 0.6 is 0 Å². The van der Waals surface area contributed by atoms with Gasteiger partial charge in [0.2, 0.25) is 0 Å². The first-order valence-electron chi connectivity index (χ1n) is 6.75. The molecule has 1 rings (SSSR count). The van der Waals surface area contributed by atoms with Gasteiger partial charge in [-0.15, -0.1) is 0 Å². The molecule has 0 bridgehead atoms. The molecule has 0 fully saturated rings. The normalized spacial score (nSPS) is 10.6. The highest BCUT2D eigenvalue weighted by Crippen LogP contribution is 2.21. The number of methoxy groups -OCH3 is 1. The average Bonchev–Trinajstić information content (AvgIpc) is 2.43. The van der Waals surface area contributed by atoms with Crippen molar-refractivity contribution in [3.63, 3.8) is 0 Å². The molecule has 0 aliphatic rings. The highest BCUT2D eigenvalue weighted by molar-refractivity contribution is 5.99. The predicted octanol–water partition coefficient (Wildman–Crippen LogP) is 1.36. The molecular weight excluding hydrogens is 277 g/mol. The molecule has 0 aromatic heterocycles. The number of carbonyl (C=O) groups excluding carboxylic acids is 1. The van der Waals surface area contributed by atoms with Gasteiger partial charge in [-0.05, 0) is 25.0 Å². The summed E-state index contributed by atoms with van der Waals surface area (Å²) in [5.41, 5.74) is 11.1. The number of primary amides is 1. The molecule has 1 aromatic carbocycles. The lowest BCUT2D eigenvalue weighted by Crippen LogP contribution is -2.15. The second kappa shape index (κ2) is 9.15. The van der Waals surface area contributed by atoms with Crippen LogP contribution in [0.2, 0.25) is 0 Å². The summed E-state index contributed by atoms with van der Waals surface area (Å²) in [5, 5.41) is 2.92. The summed E-state index contributed by atoms with van der Waals surface area (Å²) in [5.74, 6) is -1.18. The average molecular weight is 299 g/mol.